The van der Waals surface area contributed by atoms with Crippen LogP contribution >= 0.6 is 0 Å². The number of hydrogen-bond acceptors (Lipinski definition) is 4. The van der Waals surface area contributed by atoms with Gasteiger partial charge in [0.2, 0.25) is 0 Å². The van der Waals surface area contributed by atoms with Crippen LogP contribution in [0, 0.1) is 0 Å². The molecule has 0 aromatic heterocycles. The SMILES string of the molecule is c1ccc(N(c2ccccc2)c2ccc3c(c2)-c2cc(N(c4ccccc4)c4ccccc4)ccc2-c2ccc(N(c4ccccc4)c4ccccc4)cc2-c2cc(N(c4ccccc4)c4ccccc4)ccc2-3)cc1. The van der Waals surface area contributed by atoms with Crippen molar-refractivity contribution in [1.29, 1.82) is 0 Å². The van der Waals surface area contributed by atoms with Crippen molar-refractivity contribution < 1.29 is 0 Å². The molecule has 76 heavy (non-hydrogen) atoms. The number of anilines is 12. The summed E-state index contributed by atoms with van der Waals surface area (Å²) in [5.41, 5.74) is 22.0. The molecule has 12 aromatic rings. The molecule has 0 radical (unpaired) electrons. The van der Waals surface area contributed by atoms with Gasteiger partial charge in [0.25, 0.3) is 0 Å². The summed E-state index contributed by atoms with van der Waals surface area (Å²) in [6.45, 7) is 0. The summed E-state index contributed by atoms with van der Waals surface area (Å²) in [6, 6.07) is 114. The van der Waals surface area contributed by atoms with Crippen LogP contribution in [0.25, 0.3) is 44.5 Å². The average Bonchev–Trinajstić information content (AvgIpc) is 3.49. The van der Waals surface area contributed by atoms with Gasteiger partial charge in [-0.3, -0.25) is 0 Å². The predicted octanol–water partition coefficient (Wildman–Crippen LogP) is 20.5. The van der Waals surface area contributed by atoms with E-state index >= 15 is 0 Å². The highest BCUT2D eigenvalue weighted by Gasteiger charge is 2.28. The number of hydrogen-bond donors (Lipinski definition) is 0. The zero-order valence-electron chi connectivity index (χ0n) is 41.8. The molecule has 1 aliphatic carbocycles. The van der Waals surface area contributed by atoms with Gasteiger partial charge in [-0.15, -0.1) is 0 Å². The Morgan fingerprint density at radius 3 is 0.408 bits per heavy atom. The molecule has 0 N–H and O–H groups in total. The monoisotopic (exact) mass is 972 g/mol. The van der Waals surface area contributed by atoms with Crippen LogP contribution in [0.4, 0.5) is 68.2 Å². The Morgan fingerprint density at radius 1 is 0.118 bits per heavy atom. The van der Waals surface area contributed by atoms with E-state index in [0.717, 1.165) is 113 Å². The number of para-hydroxylation sites is 8. The van der Waals surface area contributed by atoms with Gasteiger partial charge >= 0.3 is 0 Å². The second-order valence-electron chi connectivity index (χ2n) is 18.9. The van der Waals surface area contributed by atoms with Gasteiger partial charge in [-0.25, -0.2) is 0 Å². The molecule has 0 aliphatic heterocycles. The Kier molecular flexibility index (Phi) is 12.3. The quantitative estimate of drug-likeness (QED) is 0.121. The first-order valence-electron chi connectivity index (χ1n) is 25.9. The van der Waals surface area contributed by atoms with Crippen LogP contribution < -0.4 is 19.6 Å². The molecule has 0 unspecified atom stereocenters. The van der Waals surface area contributed by atoms with Crippen LogP contribution in [-0.4, -0.2) is 0 Å². The van der Waals surface area contributed by atoms with E-state index in [-0.39, 0.29) is 0 Å². The molecular formula is C72H52N4. The largest absolute Gasteiger partial charge is 0.310 e. The molecule has 0 saturated heterocycles. The average molecular weight is 973 g/mol. The van der Waals surface area contributed by atoms with Crippen LogP contribution in [0.2, 0.25) is 0 Å². The molecular weight excluding hydrogens is 921 g/mol. The summed E-state index contributed by atoms with van der Waals surface area (Å²) in [7, 11) is 0. The fourth-order valence-corrected chi connectivity index (χ4v) is 10.9. The lowest BCUT2D eigenvalue weighted by Crippen LogP contribution is -2.12. The van der Waals surface area contributed by atoms with Gasteiger partial charge in [-0.2, -0.15) is 0 Å². The van der Waals surface area contributed by atoms with E-state index in [1.807, 2.05) is 0 Å². The molecule has 360 valence electrons. The highest BCUT2D eigenvalue weighted by Crippen LogP contribution is 2.54. The first-order valence-corrected chi connectivity index (χ1v) is 25.9. The summed E-state index contributed by atoms with van der Waals surface area (Å²) < 4.78 is 0. The van der Waals surface area contributed by atoms with E-state index in [1.54, 1.807) is 0 Å². The summed E-state index contributed by atoms with van der Waals surface area (Å²) in [5, 5.41) is 0. The lowest BCUT2D eigenvalue weighted by Gasteiger charge is -2.32. The summed E-state index contributed by atoms with van der Waals surface area (Å²) in [6.07, 6.45) is 0. The van der Waals surface area contributed by atoms with Crippen molar-refractivity contribution in [3.63, 3.8) is 0 Å². The maximum absolute atomic E-state index is 2.41. The van der Waals surface area contributed by atoms with Gasteiger partial charge in [0, 0.05) is 68.2 Å². The molecule has 12 aromatic carbocycles. The molecule has 4 heteroatoms. The topological polar surface area (TPSA) is 13.0 Å². The maximum Gasteiger partial charge on any atom is 0.0468 e. The van der Waals surface area contributed by atoms with Gasteiger partial charge in [-0.05, 0) is 190 Å². The van der Waals surface area contributed by atoms with Crippen LogP contribution in [0.1, 0.15) is 0 Å². The zero-order valence-corrected chi connectivity index (χ0v) is 41.8. The van der Waals surface area contributed by atoms with Crippen molar-refractivity contribution in [3.05, 3.63) is 315 Å². The number of rotatable bonds is 12. The third-order valence-corrected chi connectivity index (χ3v) is 14.3. The maximum atomic E-state index is 2.41. The standard InChI is InChI=1S/C72H52N4/c1-9-25-53(26-10-1)73(54-27-11-2-12-28-54)61-41-45-65-66-46-42-63(75(57-33-17-5-18-34-57)58-35-19-6-20-36-58)51-71(66)72-52-64(76(59-37-21-7-22-38-59)60-39-23-8-24-40-60)44-48-68(72)67-47-43-62(50-70(67)69(65)49-61)74(55-29-13-3-14-30-55)56-31-15-4-16-32-56/h1-52H. The van der Waals surface area contributed by atoms with E-state index in [2.05, 4.69) is 335 Å². The van der Waals surface area contributed by atoms with Gasteiger partial charge in [0.15, 0.2) is 0 Å². The van der Waals surface area contributed by atoms with E-state index in [1.165, 1.54) is 0 Å². The Morgan fingerprint density at radius 2 is 0.263 bits per heavy atom. The molecule has 0 heterocycles. The minimum absolute atomic E-state index is 1.06. The predicted molar refractivity (Wildman–Crippen MR) is 320 cm³/mol. The molecule has 0 spiro atoms. The first-order chi connectivity index (χ1) is 37.7. The van der Waals surface area contributed by atoms with Crippen molar-refractivity contribution in [3.8, 4) is 44.5 Å². The first kappa shape index (κ1) is 45.7. The molecule has 0 atom stereocenters. The molecule has 0 fully saturated rings. The van der Waals surface area contributed by atoms with Gasteiger partial charge < -0.3 is 19.6 Å². The van der Waals surface area contributed by atoms with Crippen LogP contribution in [0.15, 0.2) is 315 Å². The van der Waals surface area contributed by atoms with E-state index in [4.69, 9.17) is 0 Å². The van der Waals surface area contributed by atoms with Crippen molar-refractivity contribution >= 4 is 68.2 Å². The number of nitrogens with zero attached hydrogens (tertiary/aromatic N) is 4. The third kappa shape index (κ3) is 8.74. The van der Waals surface area contributed by atoms with E-state index < -0.39 is 0 Å². The fourth-order valence-electron chi connectivity index (χ4n) is 10.9. The Balaban J connectivity index is 1.12. The van der Waals surface area contributed by atoms with Gasteiger partial charge in [-0.1, -0.05) is 170 Å². The molecule has 0 bridgehead atoms. The van der Waals surface area contributed by atoms with E-state index in [9.17, 15) is 0 Å². The Labute approximate surface area is 445 Å². The van der Waals surface area contributed by atoms with Crippen molar-refractivity contribution in [1.82, 2.24) is 0 Å². The fraction of sp³-hybridized carbons (Fsp3) is 0. The molecule has 1 aliphatic rings. The third-order valence-electron chi connectivity index (χ3n) is 14.3. The number of fused-ring (bicyclic) bond motifs is 8. The number of benzene rings is 12. The highest BCUT2D eigenvalue weighted by atomic mass is 15.2. The lowest BCUT2D eigenvalue weighted by molar-refractivity contribution is 1.27. The molecule has 13 rings (SSSR count). The van der Waals surface area contributed by atoms with Crippen LogP contribution in [-0.2, 0) is 0 Å². The van der Waals surface area contributed by atoms with Crippen LogP contribution in [0.3, 0.4) is 0 Å². The minimum atomic E-state index is 1.06. The summed E-state index contributed by atoms with van der Waals surface area (Å²) >= 11 is 0. The minimum Gasteiger partial charge on any atom is -0.310 e. The second kappa shape index (κ2) is 20.4. The summed E-state index contributed by atoms with van der Waals surface area (Å²) in [5.74, 6) is 0. The van der Waals surface area contributed by atoms with Gasteiger partial charge in [0.1, 0.15) is 0 Å². The normalized spacial score (nSPS) is 11.2. The summed E-state index contributed by atoms with van der Waals surface area (Å²) in [4.78, 5) is 9.47. The van der Waals surface area contributed by atoms with Crippen molar-refractivity contribution in [2.45, 2.75) is 0 Å². The molecule has 0 saturated carbocycles. The van der Waals surface area contributed by atoms with E-state index in [0.29, 0.717) is 0 Å². The highest BCUT2D eigenvalue weighted by molar-refractivity contribution is 6.07. The van der Waals surface area contributed by atoms with Crippen molar-refractivity contribution in [2.75, 3.05) is 19.6 Å². The lowest BCUT2D eigenvalue weighted by atomic mass is 9.80. The zero-order chi connectivity index (χ0) is 50.6. The second-order valence-corrected chi connectivity index (χ2v) is 18.9. The Bertz CT molecular complexity index is 3230. The van der Waals surface area contributed by atoms with Crippen molar-refractivity contribution in [2.24, 2.45) is 0 Å². The molecule has 4 nitrogen and oxygen atoms in total. The van der Waals surface area contributed by atoms with Crippen LogP contribution in [0.5, 0.6) is 0 Å². The smallest absolute Gasteiger partial charge is 0.0468 e. The van der Waals surface area contributed by atoms with Gasteiger partial charge in [0.05, 0.1) is 0 Å². The Hall–Kier alpha value is -10.2. The molecule has 0 amide bonds.